The molecule has 7 heteroatoms. The molecule has 1 aromatic carbocycles. The van der Waals surface area contributed by atoms with Crippen LogP contribution in [0.25, 0.3) is 22.5 Å². The van der Waals surface area contributed by atoms with Gasteiger partial charge in [-0.3, -0.25) is 4.79 Å². The van der Waals surface area contributed by atoms with Gasteiger partial charge in [0.15, 0.2) is 0 Å². The Labute approximate surface area is 187 Å². The van der Waals surface area contributed by atoms with E-state index in [1.165, 1.54) is 5.56 Å². The van der Waals surface area contributed by atoms with Crippen molar-refractivity contribution in [2.24, 2.45) is 0 Å². The third-order valence-electron chi connectivity index (χ3n) is 6.28. The van der Waals surface area contributed by atoms with Crippen LogP contribution in [0.1, 0.15) is 30.7 Å². The summed E-state index contributed by atoms with van der Waals surface area (Å²) < 4.78 is 5.38. The quantitative estimate of drug-likeness (QED) is 0.663. The van der Waals surface area contributed by atoms with E-state index in [2.05, 4.69) is 59.2 Å². The van der Waals surface area contributed by atoms with Crippen LogP contribution in [0.3, 0.4) is 0 Å². The molecule has 0 bridgehead atoms. The molecule has 2 N–H and O–H groups in total. The number of H-pyrrole nitrogens is 1. The van der Waals surface area contributed by atoms with Crippen LogP contribution in [-0.4, -0.2) is 46.7 Å². The Hall–Kier alpha value is -3.03. The minimum atomic E-state index is -0.110. The SMILES string of the molecule is Cc1cc(N2CC(C)NC(C)C2)ncc1-c1ccc(-c2nc3c(c(=O)[nH]2)COCC3)cc1. The minimum Gasteiger partial charge on any atom is -0.376 e. The molecule has 2 aliphatic rings. The Morgan fingerprint density at radius 2 is 1.81 bits per heavy atom. The molecule has 2 aliphatic heterocycles. The van der Waals surface area contributed by atoms with Crippen LogP contribution in [0.15, 0.2) is 41.3 Å². The zero-order valence-electron chi connectivity index (χ0n) is 18.8. The second kappa shape index (κ2) is 8.48. The predicted molar refractivity (Wildman–Crippen MR) is 126 cm³/mol. The Bertz CT molecular complexity index is 1180. The maximum absolute atomic E-state index is 12.4. The van der Waals surface area contributed by atoms with Gasteiger partial charge in [0.25, 0.3) is 5.56 Å². The summed E-state index contributed by atoms with van der Waals surface area (Å²) in [5, 5.41) is 3.57. The van der Waals surface area contributed by atoms with E-state index in [-0.39, 0.29) is 5.56 Å². The average molecular weight is 432 g/mol. The van der Waals surface area contributed by atoms with Gasteiger partial charge in [-0.1, -0.05) is 24.3 Å². The summed E-state index contributed by atoms with van der Waals surface area (Å²) in [4.78, 5) is 27.1. The first-order valence-electron chi connectivity index (χ1n) is 11.3. The maximum Gasteiger partial charge on any atom is 0.256 e. The Balaban J connectivity index is 1.40. The molecule has 2 aromatic heterocycles. The summed E-state index contributed by atoms with van der Waals surface area (Å²) in [5.41, 5.74) is 5.67. The van der Waals surface area contributed by atoms with E-state index in [9.17, 15) is 4.79 Å². The maximum atomic E-state index is 12.4. The van der Waals surface area contributed by atoms with Gasteiger partial charge in [-0.15, -0.1) is 0 Å². The Morgan fingerprint density at radius 3 is 2.53 bits per heavy atom. The number of aromatic nitrogens is 3. The zero-order valence-corrected chi connectivity index (χ0v) is 18.8. The van der Waals surface area contributed by atoms with Gasteiger partial charge in [0, 0.05) is 48.9 Å². The molecule has 1 fully saturated rings. The number of nitrogens with zero attached hydrogens (tertiary/aromatic N) is 3. The van der Waals surface area contributed by atoms with Crippen LogP contribution in [0.4, 0.5) is 5.82 Å². The van der Waals surface area contributed by atoms with Crippen LogP contribution in [-0.2, 0) is 17.8 Å². The number of benzene rings is 1. The molecule has 1 saturated heterocycles. The van der Waals surface area contributed by atoms with Gasteiger partial charge in [-0.25, -0.2) is 9.97 Å². The van der Waals surface area contributed by atoms with E-state index >= 15 is 0 Å². The van der Waals surface area contributed by atoms with Crippen molar-refractivity contribution in [2.45, 2.75) is 45.9 Å². The summed E-state index contributed by atoms with van der Waals surface area (Å²) in [5.74, 6) is 1.64. The number of piperazine rings is 1. The molecule has 7 nitrogen and oxygen atoms in total. The second-order valence-corrected chi connectivity index (χ2v) is 8.95. The predicted octanol–water partition coefficient (Wildman–Crippen LogP) is 3.07. The molecule has 166 valence electrons. The van der Waals surface area contributed by atoms with Crippen LogP contribution in [0.2, 0.25) is 0 Å². The van der Waals surface area contributed by atoms with Crippen LogP contribution in [0.5, 0.6) is 0 Å². The van der Waals surface area contributed by atoms with Gasteiger partial charge in [-0.05, 0) is 38.0 Å². The van der Waals surface area contributed by atoms with E-state index < -0.39 is 0 Å². The molecule has 32 heavy (non-hydrogen) atoms. The summed E-state index contributed by atoms with van der Waals surface area (Å²) in [6, 6.07) is 11.2. The fourth-order valence-corrected chi connectivity index (χ4v) is 4.72. The minimum absolute atomic E-state index is 0.110. The molecule has 4 heterocycles. The van der Waals surface area contributed by atoms with Crippen LogP contribution in [0, 0.1) is 6.92 Å². The number of aryl methyl sites for hydroxylation is 1. The first kappa shape index (κ1) is 20.8. The monoisotopic (exact) mass is 431 g/mol. The van der Waals surface area contributed by atoms with E-state index in [0.717, 1.165) is 41.3 Å². The Kier molecular flexibility index (Phi) is 5.53. The summed E-state index contributed by atoms with van der Waals surface area (Å²) in [7, 11) is 0. The number of fused-ring (bicyclic) bond motifs is 1. The summed E-state index contributed by atoms with van der Waals surface area (Å²) in [6.07, 6.45) is 2.64. The van der Waals surface area contributed by atoms with Crippen molar-refractivity contribution in [1.82, 2.24) is 20.3 Å². The highest BCUT2D eigenvalue weighted by molar-refractivity contribution is 5.71. The molecule has 0 spiro atoms. The molecule has 0 aliphatic carbocycles. The normalized spacial score (nSPS) is 20.8. The highest BCUT2D eigenvalue weighted by atomic mass is 16.5. The highest BCUT2D eigenvalue weighted by Gasteiger charge is 2.22. The van der Waals surface area contributed by atoms with Gasteiger partial charge < -0.3 is 19.9 Å². The van der Waals surface area contributed by atoms with Crippen molar-refractivity contribution in [3.63, 3.8) is 0 Å². The summed E-state index contributed by atoms with van der Waals surface area (Å²) in [6.45, 7) is 9.43. The number of anilines is 1. The van der Waals surface area contributed by atoms with Crippen molar-refractivity contribution < 1.29 is 4.74 Å². The van der Waals surface area contributed by atoms with Crippen molar-refractivity contribution in [1.29, 1.82) is 0 Å². The molecule has 5 rings (SSSR count). The highest BCUT2D eigenvalue weighted by Crippen LogP contribution is 2.28. The zero-order chi connectivity index (χ0) is 22.2. The third-order valence-corrected chi connectivity index (χ3v) is 6.28. The van der Waals surface area contributed by atoms with Gasteiger partial charge in [0.05, 0.1) is 24.5 Å². The Morgan fingerprint density at radius 1 is 1.09 bits per heavy atom. The number of ether oxygens (including phenoxy) is 1. The number of hydrogen-bond acceptors (Lipinski definition) is 6. The molecular weight excluding hydrogens is 402 g/mol. The van der Waals surface area contributed by atoms with Crippen LogP contribution < -0.4 is 15.8 Å². The fraction of sp³-hybridized carbons (Fsp3) is 0.400. The molecular formula is C25H29N5O2. The van der Waals surface area contributed by atoms with Crippen molar-refractivity contribution >= 4 is 5.82 Å². The molecule has 2 unspecified atom stereocenters. The lowest BCUT2D eigenvalue weighted by atomic mass is 10.0. The van der Waals surface area contributed by atoms with Gasteiger partial charge in [-0.2, -0.15) is 0 Å². The standard InChI is InChI=1S/C25H29N5O2/c1-15-10-23(30-12-16(2)27-17(3)13-30)26-11-20(15)18-4-6-19(7-5-18)24-28-22-8-9-32-14-21(22)25(31)29-24/h4-7,10-11,16-17,27H,8-9,12-14H2,1-3H3,(H,28,29,31). The largest absolute Gasteiger partial charge is 0.376 e. The molecule has 2 atom stereocenters. The van der Waals surface area contributed by atoms with Crippen molar-refractivity contribution in [2.75, 3.05) is 24.6 Å². The van der Waals surface area contributed by atoms with E-state index in [0.29, 0.717) is 43.1 Å². The third kappa shape index (κ3) is 4.06. The summed E-state index contributed by atoms with van der Waals surface area (Å²) >= 11 is 0. The van der Waals surface area contributed by atoms with Crippen molar-refractivity contribution in [3.8, 4) is 22.5 Å². The molecule has 0 saturated carbocycles. The number of pyridine rings is 1. The van der Waals surface area contributed by atoms with Gasteiger partial charge in [0.2, 0.25) is 0 Å². The number of aromatic amines is 1. The van der Waals surface area contributed by atoms with E-state index in [1.807, 2.05) is 18.3 Å². The van der Waals surface area contributed by atoms with Gasteiger partial charge in [0.1, 0.15) is 11.6 Å². The lowest BCUT2D eigenvalue weighted by Gasteiger charge is -2.37. The number of nitrogens with one attached hydrogen (secondary N) is 2. The first-order valence-corrected chi connectivity index (χ1v) is 11.3. The number of rotatable bonds is 3. The van der Waals surface area contributed by atoms with E-state index in [4.69, 9.17) is 9.72 Å². The molecule has 0 amide bonds. The van der Waals surface area contributed by atoms with Gasteiger partial charge >= 0.3 is 0 Å². The van der Waals surface area contributed by atoms with E-state index in [1.54, 1.807) is 0 Å². The average Bonchev–Trinajstić information content (AvgIpc) is 2.78. The fourth-order valence-electron chi connectivity index (χ4n) is 4.72. The second-order valence-electron chi connectivity index (χ2n) is 8.95. The number of hydrogen-bond donors (Lipinski definition) is 2. The molecule has 0 radical (unpaired) electrons. The lowest BCUT2D eigenvalue weighted by Crippen LogP contribution is -2.54. The first-order chi connectivity index (χ1) is 15.5. The van der Waals surface area contributed by atoms with Crippen molar-refractivity contribution in [3.05, 3.63) is 63.7 Å². The molecule has 3 aromatic rings. The lowest BCUT2D eigenvalue weighted by molar-refractivity contribution is 0.108. The smallest absolute Gasteiger partial charge is 0.256 e. The van der Waals surface area contributed by atoms with Crippen LogP contribution >= 0.6 is 0 Å². The topological polar surface area (TPSA) is 83.1 Å².